The van der Waals surface area contributed by atoms with E-state index in [4.69, 9.17) is 4.74 Å². The molecule has 0 fully saturated rings. The Morgan fingerprint density at radius 3 is 2.41 bits per heavy atom. The molecule has 4 aromatic rings. The fraction of sp³-hybridized carbons (Fsp3) is 0.208. The van der Waals surface area contributed by atoms with E-state index in [1.54, 1.807) is 20.0 Å². The standard InChI is InChI=1S/C24H23N5O3/c1-4-16(2)29-22(30)20-21(26(3)24(29)31)25-23-27(14-15-28(20)23)17-10-12-19(13-11-17)32-18-8-6-5-7-9-18/h4-13,16H,1,14-15H2,2-3H3/t16-/m1/s1. The molecule has 0 bridgehead atoms. The van der Waals surface area contributed by atoms with Crippen molar-refractivity contribution in [3.8, 4) is 11.5 Å². The van der Waals surface area contributed by atoms with Crippen molar-refractivity contribution in [1.29, 1.82) is 0 Å². The fourth-order valence-electron chi connectivity index (χ4n) is 4.07. The normalized spacial score (nSPS) is 13.9. The molecule has 8 nitrogen and oxygen atoms in total. The molecule has 0 aliphatic carbocycles. The number of nitrogens with zero attached hydrogens (tertiary/aromatic N) is 5. The van der Waals surface area contributed by atoms with E-state index < -0.39 is 11.7 Å². The van der Waals surface area contributed by atoms with Gasteiger partial charge in [-0.15, -0.1) is 6.58 Å². The fourth-order valence-corrected chi connectivity index (χ4v) is 4.07. The third-order valence-electron chi connectivity index (χ3n) is 5.83. The van der Waals surface area contributed by atoms with Crippen molar-refractivity contribution in [3.63, 3.8) is 0 Å². The van der Waals surface area contributed by atoms with Gasteiger partial charge in [0.2, 0.25) is 5.95 Å². The second-order valence-electron chi connectivity index (χ2n) is 7.79. The number of ether oxygens (including phenoxy) is 1. The Morgan fingerprint density at radius 2 is 1.72 bits per heavy atom. The first-order valence-electron chi connectivity index (χ1n) is 10.4. The van der Waals surface area contributed by atoms with Gasteiger partial charge in [-0.1, -0.05) is 24.3 Å². The van der Waals surface area contributed by atoms with Gasteiger partial charge in [0.25, 0.3) is 5.56 Å². The van der Waals surface area contributed by atoms with E-state index in [-0.39, 0.29) is 5.56 Å². The molecule has 2 aromatic carbocycles. The molecule has 3 heterocycles. The molecule has 2 aromatic heterocycles. The van der Waals surface area contributed by atoms with Gasteiger partial charge in [-0.25, -0.2) is 4.79 Å². The molecule has 0 spiro atoms. The van der Waals surface area contributed by atoms with Crippen molar-refractivity contribution in [1.82, 2.24) is 18.7 Å². The van der Waals surface area contributed by atoms with E-state index in [1.165, 1.54) is 9.13 Å². The second-order valence-corrected chi connectivity index (χ2v) is 7.79. The third kappa shape index (κ3) is 3.03. The molecule has 162 valence electrons. The first kappa shape index (κ1) is 19.9. The van der Waals surface area contributed by atoms with E-state index in [0.29, 0.717) is 30.2 Å². The summed E-state index contributed by atoms with van der Waals surface area (Å²) in [5, 5.41) is 0. The minimum Gasteiger partial charge on any atom is -0.457 e. The smallest absolute Gasteiger partial charge is 0.333 e. The summed E-state index contributed by atoms with van der Waals surface area (Å²) in [4.78, 5) is 32.7. The van der Waals surface area contributed by atoms with E-state index in [2.05, 4.69) is 11.6 Å². The molecule has 1 atom stereocenters. The molecule has 1 aliphatic rings. The number of anilines is 2. The van der Waals surface area contributed by atoms with Crippen molar-refractivity contribution in [2.24, 2.45) is 7.05 Å². The van der Waals surface area contributed by atoms with Crippen molar-refractivity contribution in [2.45, 2.75) is 19.5 Å². The topological polar surface area (TPSA) is 74.3 Å². The third-order valence-corrected chi connectivity index (χ3v) is 5.83. The highest BCUT2D eigenvalue weighted by atomic mass is 16.5. The molecule has 1 aliphatic heterocycles. The van der Waals surface area contributed by atoms with Crippen LogP contribution in [0.15, 0.2) is 76.8 Å². The molecular formula is C24H23N5O3. The number of rotatable bonds is 5. The Bertz CT molecular complexity index is 1430. The number of hydrogen-bond acceptors (Lipinski definition) is 5. The number of para-hydroxylation sites is 1. The minimum atomic E-state index is -0.411. The van der Waals surface area contributed by atoms with Gasteiger partial charge in [0.1, 0.15) is 11.5 Å². The molecular weight excluding hydrogens is 406 g/mol. The van der Waals surface area contributed by atoms with Crippen LogP contribution in [0.3, 0.4) is 0 Å². The monoisotopic (exact) mass is 429 g/mol. The van der Waals surface area contributed by atoms with Crippen molar-refractivity contribution < 1.29 is 4.74 Å². The number of allylic oxidation sites excluding steroid dienone is 1. The van der Waals surface area contributed by atoms with Gasteiger partial charge < -0.3 is 14.2 Å². The number of aryl methyl sites for hydroxylation is 1. The lowest BCUT2D eigenvalue weighted by Crippen LogP contribution is -2.40. The summed E-state index contributed by atoms with van der Waals surface area (Å²) in [6.07, 6.45) is 1.58. The number of imidazole rings is 1. The van der Waals surface area contributed by atoms with Crippen LogP contribution in [-0.2, 0) is 13.6 Å². The van der Waals surface area contributed by atoms with Crippen molar-refractivity contribution in [3.05, 3.63) is 88.1 Å². The van der Waals surface area contributed by atoms with Crippen LogP contribution >= 0.6 is 0 Å². The maximum atomic E-state index is 13.2. The van der Waals surface area contributed by atoms with E-state index >= 15 is 0 Å². The zero-order valence-corrected chi connectivity index (χ0v) is 17.9. The van der Waals surface area contributed by atoms with Crippen LogP contribution < -0.4 is 20.9 Å². The predicted octanol–water partition coefficient (Wildman–Crippen LogP) is 3.59. The van der Waals surface area contributed by atoms with Gasteiger partial charge in [-0.05, 0) is 43.3 Å². The van der Waals surface area contributed by atoms with Crippen molar-refractivity contribution in [2.75, 3.05) is 11.4 Å². The first-order chi connectivity index (χ1) is 15.5. The van der Waals surface area contributed by atoms with Gasteiger partial charge in [0.15, 0.2) is 11.2 Å². The zero-order valence-electron chi connectivity index (χ0n) is 17.9. The summed E-state index contributed by atoms with van der Waals surface area (Å²) in [6, 6.07) is 16.9. The molecule has 5 rings (SSSR count). The van der Waals surface area contributed by atoms with Crippen LogP contribution in [0.1, 0.15) is 13.0 Å². The number of fused-ring (bicyclic) bond motifs is 3. The minimum absolute atomic E-state index is 0.345. The summed E-state index contributed by atoms with van der Waals surface area (Å²) in [6.45, 7) is 6.78. The number of hydrogen-bond donors (Lipinski definition) is 0. The molecule has 0 saturated carbocycles. The van der Waals surface area contributed by atoms with Gasteiger partial charge >= 0.3 is 5.69 Å². The first-order valence-corrected chi connectivity index (χ1v) is 10.4. The largest absolute Gasteiger partial charge is 0.457 e. The van der Waals surface area contributed by atoms with E-state index in [9.17, 15) is 9.59 Å². The highest BCUT2D eigenvalue weighted by Crippen LogP contribution is 2.33. The van der Waals surface area contributed by atoms with Crippen molar-refractivity contribution >= 4 is 22.8 Å². The quantitative estimate of drug-likeness (QED) is 0.453. The lowest BCUT2D eigenvalue weighted by Gasteiger charge is -2.16. The maximum Gasteiger partial charge on any atom is 0.333 e. The Balaban J connectivity index is 1.54. The SMILES string of the molecule is C=C[C@@H](C)n1c(=O)c2c(nc3n2CCN3c2ccc(Oc3ccccc3)cc2)n(C)c1=O. The Kier molecular flexibility index (Phi) is 4.70. The van der Waals surface area contributed by atoms with Gasteiger partial charge in [0.05, 0.1) is 6.04 Å². The Hall–Kier alpha value is -4.07. The molecule has 32 heavy (non-hydrogen) atoms. The zero-order chi connectivity index (χ0) is 22.4. The van der Waals surface area contributed by atoms with Crippen LogP contribution in [-0.4, -0.2) is 25.2 Å². The lowest BCUT2D eigenvalue weighted by molar-refractivity contribution is 0.482. The van der Waals surface area contributed by atoms with Crippen LogP contribution in [0.2, 0.25) is 0 Å². The maximum absolute atomic E-state index is 13.2. The summed E-state index contributed by atoms with van der Waals surface area (Å²) in [5.74, 6) is 2.15. The summed E-state index contributed by atoms with van der Waals surface area (Å²) >= 11 is 0. The highest BCUT2D eigenvalue weighted by molar-refractivity contribution is 5.77. The predicted molar refractivity (Wildman–Crippen MR) is 124 cm³/mol. The molecule has 0 N–H and O–H groups in total. The van der Waals surface area contributed by atoms with Crippen LogP contribution in [0, 0.1) is 0 Å². The molecule has 0 saturated heterocycles. The summed E-state index contributed by atoms with van der Waals surface area (Å²) < 4.78 is 10.4. The highest BCUT2D eigenvalue weighted by Gasteiger charge is 2.29. The van der Waals surface area contributed by atoms with E-state index in [0.717, 1.165) is 17.2 Å². The Labute approximate surface area is 184 Å². The molecule has 0 radical (unpaired) electrons. The number of benzene rings is 2. The lowest BCUT2D eigenvalue weighted by atomic mass is 10.2. The molecule has 0 unspecified atom stereocenters. The van der Waals surface area contributed by atoms with Crippen LogP contribution in [0.5, 0.6) is 11.5 Å². The molecule has 0 amide bonds. The summed E-state index contributed by atoms with van der Waals surface area (Å²) in [5.41, 5.74) is 1.01. The molecule has 8 heteroatoms. The van der Waals surface area contributed by atoms with Gasteiger partial charge in [0, 0.05) is 25.8 Å². The van der Waals surface area contributed by atoms with Gasteiger partial charge in [-0.2, -0.15) is 4.98 Å². The van der Waals surface area contributed by atoms with Crippen LogP contribution in [0.25, 0.3) is 11.2 Å². The summed E-state index contributed by atoms with van der Waals surface area (Å²) in [7, 11) is 1.64. The van der Waals surface area contributed by atoms with Gasteiger partial charge in [-0.3, -0.25) is 13.9 Å². The second kappa shape index (κ2) is 7.56. The van der Waals surface area contributed by atoms with Crippen LogP contribution in [0.4, 0.5) is 11.6 Å². The average molecular weight is 429 g/mol. The van der Waals surface area contributed by atoms with E-state index in [1.807, 2.05) is 64.1 Å². The average Bonchev–Trinajstić information content (AvgIpc) is 3.38. The number of aromatic nitrogens is 4. The Morgan fingerprint density at radius 1 is 1.03 bits per heavy atom.